The van der Waals surface area contributed by atoms with Crippen LogP contribution in [0.2, 0.25) is 5.02 Å². The molecule has 1 aliphatic heterocycles. The molecule has 0 unspecified atom stereocenters. The standard InChI is InChI=1S/C29H39ClFN5O5S/c1-33-26-16-20(30)15-24-23(26)18-27(36-10-4-5-21(19-36)35(2)3)29(24)41-28-7-6-22(17-25(28)31)42(37,38)34-9-12-40-14-13-39-11-8-32/h6-7,15-17,21,27,29,34H,4-5,8-14,18-19,32H2,2-3H3/t21-,27+,29+/m1/s1. The fourth-order valence-electron chi connectivity index (χ4n) is 5.53. The number of fused-ring (bicyclic) bond motifs is 1. The van der Waals surface area contributed by atoms with Crippen LogP contribution in [0.1, 0.15) is 30.1 Å². The van der Waals surface area contributed by atoms with Gasteiger partial charge in [-0.1, -0.05) is 11.6 Å². The van der Waals surface area contributed by atoms with Gasteiger partial charge in [-0.3, -0.25) is 4.90 Å². The number of benzene rings is 2. The molecule has 1 fully saturated rings. The Hall–Kier alpha value is -2.34. The Morgan fingerprint density at radius 2 is 1.95 bits per heavy atom. The molecule has 4 rings (SSSR count). The molecular weight excluding hydrogens is 585 g/mol. The van der Waals surface area contributed by atoms with Crippen molar-refractivity contribution in [2.24, 2.45) is 5.73 Å². The Kier molecular flexibility index (Phi) is 11.6. The van der Waals surface area contributed by atoms with E-state index in [-0.39, 0.29) is 29.8 Å². The summed E-state index contributed by atoms with van der Waals surface area (Å²) >= 11 is 6.38. The van der Waals surface area contributed by atoms with E-state index in [1.54, 1.807) is 12.1 Å². The molecule has 3 atom stereocenters. The average molecular weight is 624 g/mol. The Morgan fingerprint density at radius 3 is 2.64 bits per heavy atom. The zero-order chi connectivity index (χ0) is 30.3. The molecular formula is C29H39ClFN5O5S. The van der Waals surface area contributed by atoms with Crippen LogP contribution >= 0.6 is 11.6 Å². The number of hydrogen-bond donors (Lipinski definition) is 2. The number of likely N-dealkylation sites (tertiary alicyclic amines) is 1. The van der Waals surface area contributed by atoms with Crippen molar-refractivity contribution >= 4 is 27.3 Å². The minimum absolute atomic E-state index is 0.0214. The molecule has 0 spiro atoms. The molecule has 0 amide bonds. The molecule has 0 radical (unpaired) electrons. The molecule has 2 aromatic rings. The third kappa shape index (κ3) is 7.98. The predicted molar refractivity (Wildman–Crippen MR) is 159 cm³/mol. The lowest BCUT2D eigenvalue weighted by Gasteiger charge is -2.41. The average Bonchev–Trinajstić information content (AvgIpc) is 3.32. The summed E-state index contributed by atoms with van der Waals surface area (Å²) in [6, 6.07) is 7.29. The lowest BCUT2D eigenvalue weighted by molar-refractivity contribution is 0.0365. The first-order chi connectivity index (χ1) is 20.1. The van der Waals surface area contributed by atoms with Gasteiger partial charge in [0.25, 0.3) is 0 Å². The number of hydrogen-bond acceptors (Lipinski definition) is 8. The first kappa shape index (κ1) is 32.6. The monoisotopic (exact) mass is 623 g/mol. The lowest BCUT2D eigenvalue weighted by Crippen LogP contribution is -2.51. The number of nitrogens with two attached hydrogens (primary N) is 1. The van der Waals surface area contributed by atoms with Crippen LogP contribution in [0.15, 0.2) is 35.2 Å². The van der Waals surface area contributed by atoms with E-state index in [2.05, 4.69) is 33.5 Å². The van der Waals surface area contributed by atoms with Gasteiger partial charge in [0, 0.05) is 30.7 Å². The first-order valence-corrected chi connectivity index (χ1v) is 15.9. The summed E-state index contributed by atoms with van der Waals surface area (Å²) in [7, 11) is 0.159. The van der Waals surface area contributed by atoms with Gasteiger partial charge in [-0.15, -0.1) is 0 Å². The summed E-state index contributed by atoms with van der Waals surface area (Å²) in [4.78, 5) is 8.04. The summed E-state index contributed by atoms with van der Waals surface area (Å²) in [6.07, 6.45) is 2.09. The molecule has 0 bridgehead atoms. The molecule has 230 valence electrons. The van der Waals surface area contributed by atoms with E-state index in [0.29, 0.717) is 49.5 Å². The van der Waals surface area contributed by atoms with Crippen molar-refractivity contribution in [2.45, 2.75) is 42.3 Å². The molecule has 2 aromatic carbocycles. The van der Waals surface area contributed by atoms with Crippen molar-refractivity contribution < 1.29 is 27.0 Å². The SMILES string of the molecule is [C-]#[N+]c1cc(Cl)cc2c1C[C@H](N1CCC[C@@H](N(C)C)C1)[C@H]2Oc1ccc(S(=O)(=O)NCCOCCOCCN)cc1F. The number of nitrogens with zero attached hydrogens (tertiary/aromatic N) is 3. The minimum Gasteiger partial charge on any atom is -0.481 e. The van der Waals surface area contributed by atoms with E-state index in [1.807, 2.05) is 0 Å². The summed E-state index contributed by atoms with van der Waals surface area (Å²) in [5.41, 5.74) is 7.43. The summed E-state index contributed by atoms with van der Waals surface area (Å²) in [5.74, 6) is -0.862. The maximum Gasteiger partial charge on any atom is 0.240 e. The number of piperidine rings is 1. The van der Waals surface area contributed by atoms with Gasteiger partial charge in [0.05, 0.1) is 43.9 Å². The van der Waals surface area contributed by atoms with Gasteiger partial charge < -0.3 is 24.8 Å². The van der Waals surface area contributed by atoms with Crippen LogP contribution < -0.4 is 15.2 Å². The molecule has 2 aliphatic rings. The molecule has 42 heavy (non-hydrogen) atoms. The zero-order valence-electron chi connectivity index (χ0n) is 24.0. The highest BCUT2D eigenvalue weighted by atomic mass is 35.5. The second-order valence-electron chi connectivity index (χ2n) is 10.7. The largest absolute Gasteiger partial charge is 0.481 e. The molecule has 0 saturated carbocycles. The van der Waals surface area contributed by atoms with Crippen LogP contribution in [0.25, 0.3) is 4.85 Å². The summed E-state index contributed by atoms with van der Waals surface area (Å²) in [6.45, 7) is 11.0. The van der Waals surface area contributed by atoms with Gasteiger partial charge in [-0.2, -0.15) is 0 Å². The van der Waals surface area contributed by atoms with E-state index in [9.17, 15) is 8.42 Å². The Labute approximate surface area is 252 Å². The van der Waals surface area contributed by atoms with Crippen molar-refractivity contribution in [3.8, 4) is 5.75 Å². The van der Waals surface area contributed by atoms with Gasteiger partial charge >= 0.3 is 0 Å². The molecule has 1 saturated heterocycles. The van der Waals surface area contributed by atoms with Crippen molar-refractivity contribution in [1.29, 1.82) is 0 Å². The molecule has 1 aliphatic carbocycles. The molecule has 1 heterocycles. The quantitative estimate of drug-likeness (QED) is 0.244. The van der Waals surface area contributed by atoms with Crippen LogP contribution in [0.4, 0.5) is 10.1 Å². The molecule has 10 nitrogen and oxygen atoms in total. The van der Waals surface area contributed by atoms with Gasteiger partial charge in [0.1, 0.15) is 6.10 Å². The smallest absolute Gasteiger partial charge is 0.240 e. The lowest BCUT2D eigenvalue weighted by atomic mass is 10.0. The van der Waals surface area contributed by atoms with E-state index >= 15 is 4.39 Å². The Bertz CT molecular complexity index is 1370. The van der Waals surface area contributed by atoms with Gasteiger partial charge in [-0.05, 0) is 81.4 Å². The third-order valence-electron chi connectivity index (χ3n) is 7.68. The summed E-state index contributed by atoms with van der Waals surface area (Å²) < 4.78 is 60.2. The maximum absolute atomic E-state index is 15.4. The number of rotatable bonds is 14. The Morgan fingerprint density at radius 1 is 1.19 bits per heavy atom. The highest BCUT2D eigenvalue weighted by Crippen LogP contribution is 2.45. The van der Waals surface area contributed by atoms with E-state index in [1.165, 1.54) is 12.1 Å². The number of halogens is 2. The van der Waals surface area contributed by atoms with Crippen molar-refractivity contribution in [3.05, 3.63) is 63.7 Å². The Balaban J connectivity index is 1.49. The van der Waals surface area contributed by atoms with Crippen molar-refractivity contribution in [1.82, 2.24) is 14.5 Å². The van der Waals surface area contributed by atoms with Crippen LogP contribution in [0.3, 0.4) is 0 Å². The van der Waals surface area contributed by atoms with Crippen LogP contribution in [-0.2, 0) is 25.9 Å². The van der Waals surface area contributed by atoms with E-state index in [0.717, 1.165) is 43.1 Å². The van der Waals surface area contributed by atoms with Gasteiger partial charge in [-0.25, -0.2) is 22.4 Å². The number of likely N-dealkylation sites (N-methyl/N-ethyl adjacent to an activating group) is 1. The zero-order valence-corrected chi connectivity index (χ0v) is 25.6. The van der Waals surface area contributed by atoms with Gasteiger partial charge in [0.2, 0.25) is 10.0 Å². The fraction of sp³-hybridized carbons (Fsp3) is 0.552. The predicted octanol–water partition coefficient (Wildman–Crippen LogP) is 3.37. The fourth-order valence-corrected chi connectivity index (χ4v) is 6.77. The minimum atomic E-state index is -3.97. The normalized spacial score (nSPS) is 20.9. The molecule has 3 N–H and O–H groups in total. The van der Waals surface area contributed by atoms with Crippen molar-refractivity contribution in [3.63, 3.8) is 0 Å². The van der Waals surface area contributed by atoms with Crippen LogP contribution in [0, 0.1) is 12.4 Å². The third-order valence-corrected chi connectivity index (χ3v) is 9.36. The maximum atomic E-state index is 15.4. The molecule has 0 aromatic heterocycles. The second kappa shape index (κ2) is 14.9. The van der Waals surface area contributed by atoms with E-state index in [4.69, 9.17) is 38.1 Å². The highest BCUT2D eigenvalue weighted by Gasteiger charge is 2.41. The molecule has 13 heteroatoms. The van der Waals surface area contributed by atoms with Gasteiger partial charge in [0.15, 0.2) is 17.3 Å². The van der Waals surface area contributed by atoms with Crippen molar-refractivity contribution in [2.75, 3.05) is 66.7 Å². The second-order valence-corrected chi connectivity index (χ2v) is 12.9. The first-order valence-electron chi connectivity index (χ1n) is 14.1. The summed E-state index contributed by atoms with van der Waals surface area (Å²) in [5, 5.41) is 0.416. The topological polar surface area (TPSA) is 111 Å². The van der Waals surface area contributed by atoms with Crippen LogP contribution in [-0.4, -0.2) is 97.0 Å². The highest BCUT2D eigenvalue weighted by molar-refractivity contribution is 7.89. The van der Waals surface area contributed by atoms with Crippen LogP contribution in [0.5, 0.6) is 5.75 Å². The number of ether oxygens (including phenoxy) is 3. The number of sulfonamides is 1. The number of nitrogens with one attached hydrogen (secondary N) is 1. The van der Waals surface area contributed by atoms with E-state index < -0.39 is 21.9 Å².